The second kappa shape index (κ2) is 6.53. The van der Waals surface area contributed by atoms with E-state index in [4.69, 9.17) is 10.5 Å². The van der Waals surface area contributed by atoms with Crippen LogP contribution in [-0.2, 0) is 15.5 Å². The average Bonchev–Trinajstić information content (AvgIpc) is 2.19. The summed E-state index contributed by atoms with van der Waals surface area (Å²) in [7, 11) is 1.02. The van der Waals surface area contributed by atoms with Gasteiger partial charge in [-0.15, -0.1) is 0 Å². The molecule has 0 amide bonds. The normalized spacial score (nSPS) is 30.1. The number of methoxy groups -OCH3 is 1. The molecule has 4 heteroatoms. The largest absolute Gasteiger partial charge is 0.385 e. The van der Waals surface area contributed by atoms with Gasteiger partial charge in [-0.25, -0.2) is 0 Å². The molecule has 1 atom stereocenters. The zero-order valence-corrected chi connectivity index (χ0v) is 9.72. The van der Waals surface area contributed by atoms with Crippen LogP contribution in [0.1, 0.15) is 32.1 Å². The summed E-state index contributed by atoms with van der Waals surface area (Å²) in [6.45, 7) is 0.720. The molecular weight excluding hydrogens is 198 g/mol. The highest BCUT2D eigenvalue weighted by Crippen LogP contribution is 2.21. The standard InChI is InChI=1S/C10H21NO2S/c1-13-7-2-8-14(12)10-5-3-9(11)4-6-10/h9-10H,2-8,11H2,1H3. The lowest BCUT2D eigenvalue weighted by molar-refractivity contribution is 0.200. The van der Waals surface area contributed by atoms with Crippen molar-refractivity contribution in [2.45, 2.75) is 43.4 Å². The predicted molar refractivity (Wildman–Crippen MR) is 59.7 cm³/mol. The van der Waals surface area contributed by atoms with E-state index < -0.39 is 10.8 Å². The number of nitrogens with two attached hydrogens (primary N) is 1. The van der Waals surface area contributed by atoms with Crippen LogP contribution >= 0.6 is 0 Å². The second-order valence-corrected chi connectivity index (χ2v) is 5.80. The molecule has 0 aromatic heterocycles. The van der Waals surface area contributed by atoms with Gasteiger partial charge in [-0.3, -0.25) is 4.21 Å². The Morgan fingerprint density at radius 3 is 2.57 bits per heavy atom. The molecular formula is C10H21NO2S. The number of hydrogen-bond donors (Lipinski definition) is 1. The van der Waals surface area contributed by atoms with Crippen LogP contribution in [0.15, 0.2) is 0 Å². The SMILES string of the molecule is COCCCS(=O)C1CCC(N)CC1. The molecule has 1 unspecified atom stereocenters. The molecule has 1 saturated carbocycles. The Balaban J connectivity index is 2.17. The minimum Gasteiger partial charge on any atom is -0.385 e. The Hall–Kier alpha value is 0.0700. The van der Waals surface area contributed by atoms with E-state index in [0.29, 0.717) is 11.3 Å². The third-order valence-corrected chi connectivity index (χ3v) is 4.69. The third kappa shape index (κ3) is 4.07. The lowest BCUT2D eigenvalue weighted by atomic mass is 9.96. The van der Waals surface area contributed by atoms with Crippen molar-refractivity contribution < 1.29 is 8.95 Å². The Morgan fingerprint density at radius 1 is 1.36 bits per heavy atom. The molecule has 1 fully saturated rings. The van der Waals surface area contributed by atoms with Crippen LogP contribution in [0.25, 0.3) is 0 Å². The van der Waals surface area contributed by atoms with Gasteiger partial charge in [0.15, 0.2) is 0 Å². The van der Waals surface area contributed by atoms with Crippen molar-refractivity contribution in [1.29, 1.82) is 0 Å². The smallest absolute Gasteiger partial charge is 0.0471 e. The van der Waals surface area contributed by atoms with Crippen LogP contribution in [0, 0.1) is 0 Å². The van der Waals surface area contributed by atoms with Gasteiger partial charge in [0.25, 0.3) is 0 Å². The monoisotopic (exact) mass is 219 g/mol. The van der Waals surface area contributed by atoms with E-state index in [9.17, 15) is 4.21 Å². The summed E-state index contributed by atoms with van der Waals surface area (Å²) in [5.41, 5.74) is 5.80. The van der Waals surface area contributed by atoms with Crippen LogP contribution < -0.4 is 5.73 Å². The molecule has 1 aliphatic rings. The topological polar surface area (TPSA) is 52.3 Å². The fourth-order valence-electron chi connectivity index (χ4n) is 1.86. The summed E-state index contributed by atoms with van der Waals surface area (Å²) >= 11 is 0. The summed E-state index contributed by atoms with van der Waals surface area (Å²) in [4.78, 5) is 0. The first-order chi connectivity index (χ1) is 6.74. The van der Waals surface area contributed by atoms with E-state index in [2.05, 4.69) is 0 Å². The van der Waals surface area contributed by atoms with Gasteiger partial charge < -0.3 is 10.5 Å². The zero-order valence-electron chi connectivity index (χ0n) is 8.91. The van der Waals surface area contributed by atoms with E-state index in [0.717, 1.165) is 44.5 Å². The van der Waals surface area contributed by atoms with Gasteiger partial charge in [0.05, 0.1) is 0 Å². The van der Waals surface area contributed by atoms with Crippen LogP contribution in [0.2, 0.25) is 0 Å². The summed E-state index contributed by atoms with van der Waals surface area (Å²) in [6, 6.07) is 0.349. The molecule has 0 aromatic rings. The van der Waals surface area contributed by atoms with Crippen LogP contribution in [-0.4, -0.2) is 35.0 Å². The highest BCUT2D eigenvalue weighted by molar-refractivity contribution is 7.85. The van der Waals surface area contributed by atoms with Gasteiger partial charge in [0, 0.05) is 41.6 Å². The highest BCUT2D eigenvalue weighted by atomic mass is 32.2. The first-order valence-corrected chi connectivity index (χ1v) is 6.74. The molecule has 14 heavy (non-hydrogen) atoms. The van der Waals surface area contributed by atoms with Crippen LogP contribution in [0.5, 0.6) is 0 Å². The van der Waals surface area contributed by atoms with Gasteiger partial charge in [0.2, 0.25) is 0 Å². The molecule has 1 rings (SSSR count). The van der Waals surface area contributed by atoms with Crippen molar-refractivity contribution in [3.05, 3.63) is 0 Å². The summed E-state index contributed by atoms with van der Waals surface area (Å²) in [5.74, 6) is 0.785. The summed E-state index contributed by atoms with van der Waals surface area (Å²) in [6.07, 6.45) is 5.08. The number of ether oxygens (including phenoxy) is 1. The maximum absolute atomic E-state index is 11.8. The minimum absolute atomic E-state index is 0.349. The van der Waals surface area contributed by atoms with E-state index >= 15 is 0 Å². The molecule has 3 nitrogen and oxygen atoms in total. The van der Waals surface area contributed by atoms with Gasteiger partial charge in [-0.2, -0.15) is 0 Å². The Kier molecular flexibility index (Phi) is 5.67. The molecule has 0 bridgehead atoms. The Morgan fingerprint density at radius 2 is 2.00 bits per heavy atom. The molecule has 0 spiro atoms. The lowest BCUT2D eigenvalue weighted by Gasteiger charge is -2.25. The van der Waals surface area contributed by atoms with E-state index in [1.165, 1.54) is 0 Å². The molecule has 84 valence electrons. The molecule has 0 aromatic carbocycles. The summed E-state index contributed by atoms with van der Waals surface area (Å²) < 4.78 is 16.7. The van der Waals surface area contributed by atoms with Gasteiger partial charge in [-0.1, -0.05) is 0 Å². The first-order valence-electron chi connectivity index (χ1n) is 5.35. The lowest BCUT2D eigenvalue weighted by Crippen LogP contribution is -2.31. The molecule has 0 saturated heterocycles. The van der Waals surface area contributed by atoms with Gasteiger partial charge >= 0.3 is 0 Å². The van der Waals surface area contributed by atoms with E-state index in [-0.39, 0.29) is 0 Å². The van der Waals surface area contributed by atoms with E-state index in [1.54, 1.807) is 7.11 Å². The number of rotatable bonds is 5. The fourth-order valence-corrected chi connectivity index (χ4v) is 3.40. The summed E-state index contributed by atoms with van der Waals surface area (Å²) in [5, 5.41) is 0.395. The average molecular weight is 219 g/mol. The van der Waals surface area contributed by atoms with Gasteiger partial charge in [0.1, 0.15) is 0 Å². The Bertz CT molecular complexity index is 179. The first kappa shape index (κ1) is 12.1. The highest BCUT2D eigenvalue weighted by Gasteiger charge is 2.22. The van der Waals surface area contributed by atoms with Crippen molar-refractivity contribution in [2.24, 2.45) is 5.73 Å². The van der Waals surface area contributed by atoms with E-state index in [1.807, 2.05) is 0 Å². The van der Waals surface area contributed by atoms with Gasteiger partial charge in [-0.05, 0) is 32.1 Å². The molecule has 0 aliphatic heterocycles. The molecule has 2 N–H and O–H groups in total. The van der Waals surface area contributed by atoms with Crippen molar-refractivity contribution >= 4 is 10.8 Å². The van der Waals surface area contributed by atoms with Crippen molar-refractivity contribution in [3.63, 3.8) is 0 Å². The molecule has 0 radical (unpaired) electrons. The third-order valence-electron chi connectivity index (χ3n) is 2.78. The van der Waals surface area contributed by atoms with Crippen molar-refractivity contribution in [3.8, 4) is 0 Å². The second-order valence-electron chi connectivity index (χ2n) is 3.97. The maximum atomic E-state index is 11.8. The minimum atomic E-state index is -0.658. The quantitative estimate of drug-likeness (QED) is 0.703. The Labute approximate surface area is 88.8 Å². The number of hydrogen-bond acceptors (Lipinski definition) is 3. The van der Waals surface area contributed by atoms with Crippen molar-refractivity contribution in [1.82, 2.24) is 0 Å². The fraction of sp³-hybridized carbons (Fsp3) is 1.00. The molecule has 1 aliphatic carbocycles. The van der Waals surface area contributed by atoms with Crippen molar-refractivity contribution in [2.75, 3.05) is 19.5 Å². The zero-order chi connectivity index (χ0) is 10.4. The molecule has 0 heterocycles. The van der Waals surface area contributed by atoms with Crippen LogP contribution in [0.3, 0.4) is 0 Å². The maximum Gasteiger partial charge on any atom is 0.0471 e. The van der Waals surface area contributed by atoms with Crippen LogP contribution in [0.4, 0.5) is 0 Å². The predicted octanol–water partition coefficient (Wildman–Crippen LogP) is 1.04.